The third-order valence-corrected chi connectivity index (χ3v) is 16.1. The third kappa shape index (κ3) is 69.6. The Morgan fingerprint density at radius 1 is 0.353 bits per heavy atom. The molecule has 3 N–H and O–H groups in total. The Hall–Kier alpha value is -3.33. The van der Waals surface area contributed by atoms with E-state index in [0.29, 0.717) is 6.42 Å². The van der Waals surface area contributed by atoms with Crippen LogP contribution in [-0.4, -0.2) is 49.3 Å². The number of rotatable bonds is 66. The predicted octanol–water partition coefficient (Wildman–Crippen LogP) is 23.3. The van der Waals surface area contributed by atoms with Gasteiger partial charge in [-0.25, -0.2) is 4.57 Å². The van der Waals surface area contributed by atoms with E-state index in [1.165, 1.54) is 186 Å². The first-order chi connectivity index (χ1) is 41.8. The molecule has 0 amide bonds. The number of phosphoric acid groups is 1. The van der Waals surface area contributed by atoms with Crippen LogP contribution in [0.4, 0.5) is 0 Å². The molecule has 85 heavy (non-hydrogen) atoms. The summed E-state index contributed by atoms with van der Waals surface area (Å²) in [7, 11) is -4.40. The van der Waals surface area contributed by atoms with Crippen molar-refractivity contribution in [3.05, 3.63) is 109 Å². The van der Waals surface area contributed by atoms with Crippen molar-refractivity contribution < 1.29 is 37.6 Å². The molecule has 2 unspecified atom stereocenters. The van der Waals surface area contributed by atoms with Crippen molar-refractivity contribution in [2.75, 3.05) is 26.4 Å². The van der Waals surface area contributed by atoms with Crippen LogP contribution in [0.1, 0.15) is 322 Å². The molecule has 490 valence electrons. The molecule has 0 aliphatic heterocycles. The van der Waals surface area contributed by atoms with Crippen LogP contribution in [0.15, 0.2) is 109 Å². The maximum absolute atomic E-state index is 12.7. The van der Waals surface area contributed by atoms with Crippen molar-refractivity contribution in [2.45, 2.75) is 328 Å². The van der Waals surface area contributed by atoms with Crippen LogP contribution in [0.25, 0.3) is 0 Å². The molecule has 0 aromatic carbocycles. The molecule has 0 radical (unpaired) electrons. The van der Waals surface area contributed by atoms with Gasteiger partial charge in [-0.1, -0.05) is 322 Å². The minimum Gasteiger partial charge on any atom is -0.462 e. The van der Waals surface area contributed by atoms with E-state index in [2.05, 4.69) is 123 Å². The first kappa shape index (κ1) is 81.7. The van der Waals surface area contributed by atoms with Crippen LogP contribution in [0.3, 0.4) is 0 Å². The Morgan fingerprint density at radius 2 is 0.612 bits per heavy atom. The van der Waals surface area contributed by atoms with Crippen LogP contribution in [0.2, 0.25) is 0 Å². The number of ether oxygens (including phenoxy) is 2. The Kier molecular flexibility index (Phi) is 67.0. The summed E-state index contributed by atoms with van der Waals surface area (Å²) in [5.41, 5.74) is 5.40. The van der Waals surface area contributed by atoms with Crippen LogP contribution in [0.5, 0.6) is 0 Å². The predicted molar refractivity (Wildman–Crippen MR) is 367 cm³/mol. The summed E-state index contributed by atoms with van der Waals surface area (Å²) in [6, 6.07) is 0. The highest BCUT2D eigenvalue weighted by atomic mass is 31.2. The summed E-state index contributed by atoms with van der Waals surface area (Å²) in [5.74, 6) is -0.832. The Balaban J connectivity index is 3.79. The van der Waals surface area contributed by atoms with Crippen molar-refractivity contribution >= 4 is 19.8 Å². The number of hydrogen-bond donors (Lipinski definition) is 2. The smallest absolute Gasteiger partial charge is 0.462 e. The number of allylic oxidation sites excluding steroid dienone is 18. The third-order valence-electron chi connectivity index (χ3n) is 15.2. The molecule has 2 atom stereocenters. The van der Waals surface area contributed by atoms with E-state index in [1.807, 2.05) is 0 Å². The lowest BCUT2D eigenvalue weighted by Gasteiger charge is -2.19. The number of nitrogens with two attached hydrogens (primary N) is 1. The van der Waals surface area contributed by atoms with E-state index in [0.717, 1.165) is 103 Å². The SMILES string of the molecule is CC/C=C\C/C=C\C/C=C\C/C=C\C/C=C\CCCCCCCCCC(=O)OC(COC(=O)CCCCCCCCCCCCCCCCCCCCCCCCCCCCCC/C=C\C/C=C\C/C=C\C/C=C\CC)COP(=O)(O)OCCN. The molecule has 10 heteroatoms. The van der Waals surface area contributed by atoms with E-state index < -0.39 is 26.5 Å². The Labute approximate surface area is 524 Å². The minimum atomic E-state index is -4.40. The van der Waals surface area contributed by atoms with Gasteiger partial charge in [-0.3, -0.25) is 18.6 Å². The minimum absolute atomic E-state index is 0.0485. The Morgan fingerprint density at radius 3 is 0.906 bits per heavy atom. The first-order valence-corrected chi connectivity index (χ1v) is 36.9. The van der Waals surface area contributed by atoms with Gasteiger partial charge in [-0.2, -0.15) is 0 Å². The van der Waals surface area contributed by atoms with Crippen LogP contribution in [0, 0.1) is 0 Å². The van der Waals surface area contributed by atoms with Gasteiger partial charge in [-0.05, 0) is 96.3 Å². The molecule has 0 fully saturated rings. The summed E-state index contributed by atoms with van der Waals surface area (Å²) < 4.78 is 33.1. The number of carbonyl (C=O) groups excluding carboxylic acids is 2. The van der Waals surface area contributed by atoms with Crippen molar-refractivity contribution in [2.24, 2.45) is 5.73 Å². The van der Waals surface area contributed by atoms with Gasteiger partial charge >= 0.3 is 19.8 Å². The highest BCUT2D eigenvalue weighted by Crippen LogP contribution is 2.43. The van der Waals surface area contributed by atoms with Gasteiger partial charge in [0.2, 0.25) is 0 Å². The second-order valence-electron chi connectivity index (χ2n) is 23.3. The maximum Gasteiger partial charge on any atom is 0.472 e. The molecule has 0 saturated heterocycles. The fourth-order valence-corrected chi connectivity index (χ4v) is 10.8. The molecule has 0 heterocycles. The van der Waals surface area contributed by atoms with E-state index in [9.17, 15) is 19.0 Å². The zero-order valence-electron chi connectivity index (χ0n) is 55.1. The molecule has 9 nitrogen and oxygen atoms in total. The average Bonchev–Trinajstić information content (AvgIpc) is 3.52. The van der Waals surface area contributed by atoms with E-state index in [1.54, 1.807) is 0 Å². The van der Waals surface area contributed by atoms with Gasteiger partial charge in [0.1, 0.15) is 6.61 Å². The van der Waals surface area contributed by atoms with Crippen LogP contribution >= 0.6 is 7.82 Å². The van der Waals surface area contributed by atoms with Gasteiger partial charge in [0.05, 0.1) is 13.2 Å². The molecular weight excluding hydrogens is 1070 g/mol. The number of carbonyl (C=O) groups is 2. The summed E-state index contributed by atoms with van der Waals surface area (Å²) in [6.07, 6.45) is 96.3. The summed E-state index contributed by atoms with van der Waals surface area (Å²) in [4.78, 5) is 35.3. The Bertz CT molecular complexity index is 1760. The van der Waals surface area contributed by atoms with E-state index in [-0.39, 0.29) is 38.6 Å². The van der Waals surface area contributed by atoms with E-state index >= 15 is 0 Å². The highest BCUT2D eigenvalue weighted by Gasteiger charge is 2.26. The maximum atomic E-state index is 12.7. The molecule has 0 aromatic rings. The van der Waals surface area contributed by atoms with Crippen LogP contribution in [-0.2, 0) is 32.7 Å². The standard InChI is InChI=1S/C75H132NO8P/c1-3-5-7-9-11-13-15-17-19-21-23-25-27-28-29-30-31-32-33-34-35-36-37-38-39-40-41-42-43-44-46-47-49-51-53-55-57-59-61-63-65-67-74(77)81-71-73(72-83-85(79,80)82-70-69-76)84-75(78)68-66-64-62-60-58-56-54-52-50-48-45-26-24-22-20-18-16-14-12-10-8-6-4-2/h5-8,11-14,17-20,23-26,48,50,73H,3-4,9-10,15-16,21-22,27-47,49,51-72,76H2,1-2H3,(H,79,80)/b7-5-,8-6-,13-11-,14-12-,19-17-,20-18-,25-23-,26-24-,50-48-. The molecule has 0 saturated carbocycles. The summed E-state index contributed by atoms with van der Waals surface area (Å²) in [6.45, 7) is 3.53. The average molecular weight is 1210 g/mol. The molecule has 0 aliphatic carbocycles. The number of esters is 2. The van der Waals surface area contributed by atoms with Crippen molar-refractivity contribution in [3.8, 4) is 0 Å². The normalized spacial score (nSPS) is 13.6. The lowest BCUT2D eigenvalue weighted by Crippen LogP contribution is -2.29. The fraction of sp³-hybridized carbons (Fsp3) is 0.733. The number of unbranched alkanes of at least 4 members (excludes halogenated alkanes) is 35. The molecule has 0 aliphatic rings. The fourth-order valence-electron chi connectivity index (χ4n) is 10.0. The lowest BCUT2D eigenvalue weighted by atomic mass is 10.0. The van der Waals surface area contributed by atoms with E-state index in [4.69, 9.17) is 24.3 Å². The zero-order chi connectivity index (χ0) is 61.6. The van der Waals surface area contributed by atoms with Crippen molar-refractivity contribution in [1.82, 2.24) is 0 Å². The van der Waals surface area contributed by atoms with Gasteiger partial charge in [0, 0.05) is 19.4 Å². The quantitative estimate of drug-likeness (QED) is 0.0264. The van der Waals surface area contributed by atoms with Crippen LogP contribution < -0.4 is 5.73 Å². The number of hydrogen-bond acceptors (Lipinski definition) is 8. The summed E-state index contributed by atoms with van der Waals surface area (Å²) in [5, 5.41) is 0. The highest BCUT2D eigenvalue weighted by molar-refractivity contribution is 7.47. The second kappa shape index (κ2) is 69.8. The first-order valence-electron chi connectivity index (χ1n) is 35.4. The van der Waals surface area contributed by atoms with Gasteiger partial charge in [0.25, 0.3) is 0 Å². The second-order valence-corrected chi connectivity index (χ2v) is 24.8. The van der Waals surface area contributed by atoms with Gasteiger partial charge in [-0.15, -0.1) is 0 Å². The molecule has 0 rings (SSSR count). The number of phosphoric ester groups is 1. The van der Waals surface area contributed by atoms with Crippen molar-refractivity contribution in [1.29, 1.82) is 0 Å². The molecule has 0 spiro atoms. The monoisotopic (exact) mass is 1210 g/mol. The molecular formula is C75H132NO8P. The van der Waals surface area contributed by atoms with Gasteiger partial charge < -0.3 is 20.1 Å². The molecule has 0 aromatic heterocycles. The van der Waals surface area contributed by atoms with Gasteiger partial charge in [0.15, 0.2) is 6.10 Å². The van der Waals surface area contributed by atoms with Crippen molar-refractivity contribution in [3.63, 3.8) is 0 Å². The molecule has 0 bridgehead atoms. The largest absolute Gasteiger partial charge is 0.472 e. The summed E-state index contributed by atoms with van der Waals surface area (Å²) >= 11 is 0. The lowest BCUT2D eigenvalue weighted by molar-refractivity contribution is -0.161. The topological polar surface area (TPSA) is 134 Å². The zero-order valence-corrected chi connectivity index (χ0v) is 56.0.